The van der Waals surface area contributed by atoms with Gasteiger partial charge in [0.05, 0.1) is 23.6 Å². The predicted octanol–water partition coefficient (Wildman–Crippen LogP) is 2.92. The summed E-state index contributed by atoms with van der Waals surface area (Å²) in [5.41, 5.74) is 0.260. The average molecular weight is 562 g/mol. The van der Waals surface area contributed by atoms with Gasteiger partial charge in [-0.15, -0.1) is 0 Å². The van der Waals surface area contributed by atoms with Gasteiger partial charge in [0.1, 0.15) is 6.10 Å². The maximum Gasteiger partial charge on any atom is 0.338 e. The highest BCUT2D eigenvalue weighted by Crippen LogP contribution is 2.37. The molecule has 1 fully saturated rings. The number of anilines is 1. The van der Waals surface area contributed by atoms with Gasteiger partial charge in [0.2, 0.25) is 5.95 Å². The molecule has 0 spiro atoms. The van der Waals surface area contributed by atoms with Gasteiger partial charge in [0.25, 0.3) is 5.56 Å². The van der Waals surface area contributed by atoms with Crippen LogP contribution in [0.4, 0.5) is 5.95 Å². The van der Waals surface area contributed by atoms with Crippen LogP contribution in [0.3, 0.4) is 0 Å². The number of imidazole rings is 1. The number of benzene rings is 2. The molecule has 3 N–H and O–H groups in total. The van der Waals surface area contributed by atoms with Crippen LogP contribution in [0.2, 0.25) is 0 Å². The van der Waals surface area contributed by atoms with Gasteiger partial charge in [-0.25, -0.2) is 14.6 Å². The van der Waals surface area contributed by atoms with E-state index in [0.717, 1.165) is 0 Å². The number of aliphatic hydroxyl groups excluding tert-OH is 1. The highest BCUT2D eigenvalue weighted by atomic mass is 16.6. The number of aliphatic hydroxyl groups is 1. The average Bonchev–Trinajstić information content (AvgIpc) is 3.54. The fourth-order valence-corrected chi connectivity index (χ4v) is 4.57. The lowest BCUT2D eigenvalue weighted by atomic mass is 10.1. The molecule has 214 valence electrons. The van der Waals surface area contributed by atoms with Crippen LogP contribution in [0.25, 0.3) is 11.2 Å². The molecule has 1 aliphatic heterocycles. The second kappa shape index (κ2) is 11.9. The van der Waals surface area contributed by atoms with Gasteiger partial charge in [0, 0.05) is 6.54 Å². The van der Waals surface area contributed by atoms with Crippen molar-refractivity contribution in [1.82, 2.24) is 19.5 Å². The first-order chi connectivity index (χ1) is 19.7. The molecule has 2 aromatic carbocycles. The summed E-state index contributed by atoms with van der Waals surface area (Å²) in [6.45, 7) is 6.06. The van der Waals surface area contributed by atoms with Crippen molar-refractivity contribution in [2.45, 2.75) is 51.4 Å². The summed E-state index contributed by atoms with van der Waals surface area (Å²) in [7, 11) is 0. The van der Waals surface area contributed by atoms with Crippen LogP contribution in [0.5, 0.6) is 0 Å². The summed E-state index contributed by atoms with van der Waals surface area (Å²) in [5, 5.41) is 13.7. The molecular weight excluding hydrogens is 530 g/mol. The summed E-state index contributed by atoms with van der Waals surface area (Å²) in [5.74, 6) is -0.858. The van der Waals surface area contributed by atoms with Gasteiger partial charge in [0.15, 0.2) is 29.6 Å². The molecule has 0 saturated carbocycles. The van der Waals surface area contributed by atoms with Crippen molar-refractivity contribution in [1.29, 1.82) is 0 Å². The number of ether oxygens (including phenoxy) is 3. The third-order valence-electron chi connectivity index (χ3n) is 6.59. The van der Waals surface area contributed by atoms with Crippen LogP contribution in [0, 0.1) is 5.92 Å². The van der Waals surface area contributed by atoms with Crippen molar-refractivity contribution >= 4 is 29.1 Å². The lowest BCUT2D eigenvalue weighted by molar-refractivity contribution is -0.0808. The Morgan fingerprint density at radius 1 is 1.00 bits per heavy atom. The zero-order chi connectivity index (χ0) is 29.1. The molecule has 5 atom stereocenters. The number of rotatable bonds is 9. The maximum atomic E-state index is 13.2. The number of hydrogen-bond acceptors (Lipinski definition) is 10. The second-order valence-electron chi connectivity index (χ2n) is 10.2. The summed E-state index contributed by atoms with van der Waals surface area (Å²) < 4.78 is 19.4. The van der Waals surface area contributed by atoms with Gasteiger partial charge in [-0.3, -0.25) is 14.3 Å². The van der Waals surface area contributed by atoms with Crippen LogP contribution in [-0.4, -0.2) is 67.5 Å². The van der Waals surface area contributed by atoms with E-state index in [9.17, 15) is 19.5 Å². The number of fused-ring (bicyclic) bond motifs is 1. The number of aromatic nitrogens is 4. The summed E-state index contributed by atoms with van der Waals surface area (Å²) >= 11 is 0. The van der Waals surface area contributed by atoms with Gasteiger partial charge in [-0.1, -0.05) is 50.2 Å². The summed E-state index contributed by atoms with van der Waals surface area (Å²) in [6.07, 6.45) is -4.46. The molecule has 0 radical (unpaired) electrons. The van der Waals surface area contributed by atoms with Gasteiger partial charge in [-0.2, -0.15) is 4.98 Å². The molecule has 0 amide bonds. The number of hydrogen-bond donors (Lipinski definition) is 3. The van der Waals surface area contributed by atoms with E-state index in [4.69, 9.17) is 14.2 Å². The molecule has 4 aromatic rings. The third-order valence-corrected chi connectivity index (χ3v) is 6.59. The molecule has 2 aromatic heterocycles. The third kappa shape index (κ3) is 5.98. The number of H-pyrrole nitrogens is 1. The number of aromatic amines is 1. The zero-order valence-electron chi connectivity index (χ0n) is 22.8. The molecule has 0 aliphatic carbocycles. The second-order valence-corrected chi connectivity index (χ2v) is 10.2. The molecule has 3 heterocycles. The van der Waals surface area contributed by atoms with E-state index < -0.39 is 48.1 Å². The number of carbonyl (C=O) groups is 2. The fourth-order valence-electron chi connectivity index (χ4n) is 4.57. The van der Waals surface area contributed by atoms with E-state index in [2.05, 4.69) is 20.3 Å². The topological polar surface area (TPSA) is 158 Å². The number of nitrogens with one attached hydrogen (secondary N) is 2. The first-order valence-electron chi connectivity index (χ1n) is 13.3. The Bertz CT molecular complexity index is 1570. The van der Waals surface area contributed by atoms with Gasteiger partial charge >= 0.3 is 11.9 Å². The summed E-state index contributed by atoms with van der Waals surface area (Å²) in [6, 6.07) is 16.6. The lowest BCUT2D eigenvalue weighted by Crippen LogP contribution is -2.43. The number of nitrogens with zero attached hydrogens (tertiary/aromatic N) is 3. The fraction of sp³-hybridized carbons (Fsp3) is 0.345. The minimum absolute atomic E-state index is 0.0372. The van der Waals surface area contributed by atoms with E-state index in [1.807, 2.05) is 13.8 Å². The van der Waals surface area contributed by atoms with Crippen molar-refractivity contribution in [3.8, 4) is 0 Å². The smallest absolute Gasteiger partial charge is 0.338 e. The molecule has 1 saturated heterocycles. The minimum Gasteiger partial charge on any atom is -0.452 e. The zero-order valence-corrected chi connectivity index (χ0v) is 22.8. The van der Waals surface area contributed by atoms with Crippen molar-refractivity contribution < 1.29 is 28.9 Å². The van der Waals surface area contributed by atoms with E-state index in [-0.39, 0.29) is 34.2 Å². The SMILES string of the molecule is CC(C)CNc1nc2c(ncn2[C@@H]2O[C@H](C(C)O)C(OC(=O)c3ccccc3)[C@@H]2OC(=O)c2ccccc2)c(=O)[nH]1. The van der Waals surface area contributed by atoms with Crippen molar-refractivity contribution in [2.75, 3.05) is 11.9 Å². The lowest BCUT2D eigenvalue weighted by Gasteiger charge is -2.25. The highest BCUT2D eigenvalue weighted by molar-refractivity contribution is 5.90. The highest BCUT2D eigenvalue weighted by Gasteiger charge is 2.53. The van der Waals surface area contributed by atoms with E-state index in [1.165, 1.54) is 17.8 Å². The standard InChI is InChI=1S/C29H31N5O7/c1-16(2)14-30-29-32-24-20(25(36)33-29)31-15-34(24)26-23(41-28(38)19-12-8-5-9-13-19)22(21(39-26)17(3)35)40-27(37)18-10-6-4-7-11-18/h4-13,15-17,21-23,26,35H,14H2,1-3H3,(H2,30,32,33,36)/t17?,21-,22?,23+,26-/m1/s1. The molecule has 12 nitrogen and oxygen atoms in total. The van der Waals surface area contributed by atoms with Crippen LogP contribution in [0.15, 0.2) is 71.8 Å². The molecule has 0 bridgehead atoms. The maximum absolute atomic E-state index is 13.2. The van der Waals surface area contributed by atoms with Crippen LogP contribution >= 0.6 is 0 Å². The molecule has 5 rings (SSSR count). The normalized spacial score (nSPS) is 21.1. The minimum atomic E-state index is -1.24. The molecular formula is C29H31N5O7. The van der Waals surface area contributed by atoms with Crippen molar-refractivity contribution in [3.63, 3.8) is 0 Å². The molecule has 12 heteroatoms. The molecule has 1 aliphatic rings. The Morgan fingerprint density at radius 2 is 1.59 bits per heavy atom. The van der Waals surface area contributed by atoms with Gasteiger partial charge < -0.3 is 24.6 Å². The van der Waals surface area contributed by atoms with Crippen LogP contribution < -0.4 is 10.9 Å². The Labute approximate surface area is 235 Å². The Hall–Kier alpha value is -4.55. The summed E-state index contributed by atoms with van der Waals surface area (Å²) in [4.78, 5) is 50.6. The number of esters is 2. The Kier molecular flexibility index (Phi) is 8.13. The Morgan fingerprint density at radius 3 is 2.15 bits per heavy atom. The number of carbonyl (C=O) groups excluding carboxylic acids is 2. The Balaban J connectivity index is 1.56. The van der Waals surface area contributed by atoms with E-state index >= 15 is 0 Å². The van der Waals surface area contributed by atoms with Crippen LogP contribution in [-0.2, 0) is 14.2 Å². The molecule has 41 heavy (non-hydrogen) atoms. The van der Waals surface area contributed by atoms with Crippen LogP contribution in [0.1, 0.15) is 47.7 Å². The first kappa shape index (κ1) is 28.0. The van der Waals surface area contributed by atoms with Crippen molar-refractivity contribution in [2.24, 2.45) is 5.92 Å². The van der Waals surface area contributed by atoms with E-state index in [0.29, 0.717) is 6.54 Å². The largest absolute Gasteiger partial charge is 0.452 e. The monoisotopic (exact) mass is 561 g/mol. The predicted molar refractivity (Wildman–Crippen MR) is 148 cm³/mol. The van der Waals surface area contributed by atoms with Gasteiger partial charge in [-0.05, 0) is 37.1 Å². The quantitative estimate of drug-likeness (QED) is 0.260. The first-order valence-corrected chi connectivity index (χ1v) is 13.3. The van der Waals surface area contributed by atoms with E-state index in [1.54, 1.807) is 60.7 Å². The molecule has 2 unspecified atom stereocenters. The van der Waals surface area contributed by atoms with Crippen molar-refractivity contribution in [3.05, 3.63) is 88.5 Å².